The van der Waals surface area contributed by atoms with Gasteiger partial charge in [-0.15, -0.1) is 12.4 Å². The van der Waals surface area contributed by atoms with Gasteiger partial charge >= 0.3 is 5.69 Å². The Labute approximate surface area is 71.3 Å². The van der Waals surface area contributed by atoms with Crippen molar-refractivity contribution in [3.63, 3.8) is 0 Å². The summed E-state index contributed by atoms with van der Waals surface area (Å²) in [5.74, 6) is 0. The summed E-state index contributed by atoms with van der Waals surface area (Å²) < 4.78 is 0. The summed E-state index contributed by atoms with van der Waals surface area (Å²) in [7, 11) is 0. The van der Waals surface area contributed by atoms with Crippen LogP contribution >= 0.6 is 12.4 Å². The largest absolute Gasteiger partial charge is 0.345 e. The molecule has 1 aromatic heterocycles. The molecule has 0 unspecified atom stereocenters. The smallest absolute Gasteiger partial charge is 0.310 e. The average Bonchev–Trinajstić information content (AvgIpc) is 1.82. The first kappa shape index (κ1) is 10.2. The predicted octanol–water partition coefficient (Wildman–Crippen LogP) is 1.12. The van der Waals surface area contributed by atoms with Gasteiger partial charge in [0.05, 0.1) is 0 Å². The third-order valence-corrected chi connectivity index (χ3v) is 1.67. The average molecular weight is 175 g/mol. The van der Waals surface area contributed by atoms with Gasteiger partial charge in [0.1, 0.15) is 0 Å². The molecule has 0 saturated carbocycles. The van der Waals surface area contributed by atoms with E-state index in [0.29, 0.717) is 0 Å². The Hall–Kier alpha value is -0.830. The lowest BCUT2D eigenvalue weighted by atomic mass is 10.2. The number of nitrogens with zero attached hydrogens (tertiary/aromatic N) is 1. The lowest BCUT2D eigenvalue weighted by Crippen LogP contribution is -2.14. The summed E-state index contributed by atoms with van der Waals surface area (Å²) in [6, 6.07) is 0. The number of aryl methyl sites for hydroxylation is 2. The summed E-state index contributed by atoms with van der Waals surface area (Å²) in [6.07, 6.45) is 0. The first-order valence-corrected chi connectivity index (χ1v) is 3.15. The second kappa shape index (κ2) is 3.53. The van der Waals surface area contributed by atoms with E-state index >= 15 is 0 Å². The fourth-order valence-corrected chi connectivity index (χ4v) is 0.790. The molecule has 0 aliphatic heterocycles. The summed E-state index contributed by atoms with van der Waals surface area (Å²) in [5.41, 5.74) is 2.50. The molecule has 1 rings (SSSR count). The van der Waals surface area contributed by atoms with Crippen LogP contribution in [-0.2, 0) is 0 Å². The van der Waals surface area contributed by atoms with Crippen LogP contribution in [0.5, 0.6) is 0 Å². The first-order valence-electron chi connectivity index (χ1n) is 3.15. The van der Waals surface area contributed by atoms with Crippen molar-refractivity contribution in [3.8, 4) is 0 Å². The van der Waals surface area contributed by atoms with E-state index in [0.717, 1.165) is 17.0 Å². The van der Waals surface area contributed by atoms with Crippen LogP contribution in [0.1, 0.15) is 17.0 Å². The van der Waals surface area contributed by atoms with Crippen LogP contribution in [0.25, 0.3) is 0 Å². The van der Waals surface area contributed by atoms with Crippen LogP contribution < -0.4 is 5.69 Å². The third kappa shape index (κ3) is 2.05. The molecule has 3 nitrogen and oxygen atoms in total. The molecule has 0 aliphatic carbocycles. The van der Waals surface area contributed by atoms with Crippen LogP contribution in [0, 0.1) is 20.8 Å². The topological polar surface area (TPSA) is 45.8 Å². The maximum Gasteiger partial charge on any atom is 0.345 e. The molecule has 4 heteroatoms. The van der Waals surface area contributed by atoms with E-state index in [1.54, 1.807) is 0 Å². The lowest BCUT2D eigenvalue weighted by molar-refractivity contribution is 0.957. The SMILES string of the molecule is Cc1nc(=O)[nH]c(C)c1C.Cl. The molecule has 0 radical (unpaired) electrons. The van der Waals surface area contributed by atoms with Crippen molar-refractivity contribution in [2.24, 2.45) is 0 Å². The van der Waals surface area contributed by atoms with Gasteiger partial charge < -0.3 is 4.98 Å². The van der Waals surface area contributed by atoms with Crippen LogP contribution in [0.2, 0.25) is 0 Å². The molecule has 0 fully saturated rings. The van der Waals surface area contributed by atoms with Gasteiger partial charge in [-0.25, -0.2) is 4.79 Å². The van der Waals surface area contributed by atoms with Gasteiger partial charge in [0.25, 0.3) is 0 Å². The van der Waals surface area contributed by atoms with Crippen molar-refractivity contribution in [3.05, 3.63) is 27.4 Å². The van der Waals surface area contributed by atoms with Gasteiger partial charge in [-0.05, 0) is 26.3 Å². The van der Waals surface area contributed by atoms with Crippen LogP contribution in [0.3, 0.4) is 0 Å². The zero-order valence-corrected chi connectivity index (χ0v) is 7.58. The zero-order valence-electron chi connectivity index (χ0n) is 6.76. The van der Waals surface area contributed by atoms with Crippen LogP contribution in [0.15, 0.2) is 4.79 Å². The summed E-state index contributed by atoms with van der Waals surface area (Å²) in [4.78, 5) is 17.0. The number of rotatable bonds is 0. The van der Waals surface area contributed by atoms with E-state index in [2.05, 4.69) is 9.97 Å². The second-order valence-corrected chi connectivity index (χ2v) is 2.38. The summed E-state index contributed by atoms with van der Waals surface area (Å²) in [6.45, 7) is 5.64. The number of hydrogen-bond acceptors (Lipinski definition) is 2. The van der Waals surface area contributed by atoms with Crippen LogP contribution in [0.4, 0.5) is 0 Å². The molecule has 1 N–H and O–H groups in total. The predicted molar refractivity (Wildman–Crippen MR) is 46.3 cm³/mol. The molecular weight excluding hydrogens is 164 g/mol. The minimum atomic E-state index is -0.263. The van der Waals surface area contributed by atoms with E-state index < -0.39 is 0 Å². The van der Waals surface area contributed by atoms with E-state index in [9.17, 15) is 4.79 Å². The van der Waals surface area contributed by atoms with Crippen LogP contribution in [-0.4, -0.2) is 9.97 Å². The Morgan fingerprint density at radius 1 is 1.27 bits per heavy atom. The minimum Gasteiger partial charge on any atom is -0.310 e. The highest BCUT2D eigenvalue weighted by molar-refractivity contribution is 5.85. The Kier molecular flexibility index (Phi) is 3.26. The molecule has 0 aliphatic rings. The summed E-state index contributed by atoms with van der Waals surface area (Å²) >= 11 is 0. The first-order chi connectivity index (χ1) is 4.61. The van der Waals surface area contributed by atoms with Crippen molar-refractivity contribution < 1.29 is 0 Å². The fourth-order valence-electron chi connectivity index (χ4n) is 0.790. The molecule has 0 spiro atoms. The Morgan fingerprint density at radius 2 is 1.82 bits per heavy atom. The monoisotopic (exact) mass is 174 g/mol. The molecule has 0 saturated heterocycles. The van der Waals surface area contributed by atoms with Crippen molar-refractivity contribution in [2.75, 3.05) is 0 Å². The molecule has 0 amide bonds. The van der Waals surface area contributed by atoms with Crippen molar-refractivity contribution in [2.45, 2.75) is 20.8 Å². The molecule has 1 heterocycles. The molecule has 0 atom stereocenters. The maximum atomic E-state index is 10.7. The van der Waals surface area contributed by atoms with Gasteiger partial charge in [0.2, 0.25) is 0 Å². The Bertz CT molecular complexity index is 280. The van der Waals surface area contributed by atoms with Gasteiger partial charge in [0, 0.05) is 11.4 Å². The molecule has 62 valence electrons. The number of aromatic nitrogens is 2. The highest BCUT2D eigenvalue weighted by Crippen LogP contribution is 2.01. The van der Waals surface area contributed by atoms with Gasteiger partial charge in [-0.3, -0.25) is 0 Å². The Morgan fingerprint density at radius 3 is 2.27 bits per heavy atom. The Balaban J connectivity index is 0.000001000. The van der Waals surface area contributed by atoms with Gasteiger partial charge in [0.15, 0.2) is 0 Å². The molecular formula is C7H11ClN2O. The van der Waals surface area contributed by atoms with E-state index in [-0.39, 0.29) is 18.1 Å². The maximum absolute atomic E-state index is 10.7. The van der Waals surface area contributed by atoms with Crippen molar-refractivity contribution >= 4 is 12.4 Å². The minimum absolute atomic E-state index is 0. The number of halogens is 1. The summed E-state index contributed by atoms with van der Waals surface area (Å²) in [5, 5.41) is 0. The number of aromatic amines is 1. The number of hydrogen-bond donors (Lipinski definition) is 1. The normalized spacial score (nSPS) is 9.00. The highest BCUT2D eigenvalue weighted by atomic mass is 35.5. The molecule has 0 bridgehead atoms. The zero-order chi connectivity index (χ0) is 7.72. The molecule has 0 aromatic carbocycles. The van der Waals surface area contributed by atoms with Crippen molar-refractivity contribution in [1.29, 1.82) is 0 Å². The van der Waals surface area contributed by atoms with Gasteiger partial charge in [-0.2, -0.15) is 4.98 Å². The van der Waals surface area contributed by atoms with E-state index in [4.69, 9.17) is 0 Å². The lowest BCUT2D eigenvalue weighted by Gasteiger charge is -1.99. The second-order valence-electron chi connectivity index (χ2n) is 2.38. The van der Waals surface area contributed by atoms with Gasteiger partial charge in [-0.1, -0.05) is 0 Å². The fraction of sp³-hybridized carbons (Fsp3) is 0.429. The van der Waals surface area contributed by atoms with Crippen molar-refractivity contribution in [1.82, 2.24) is 9.97 Å². The van der Waals surface area contributed by atoms with E-state index in [1.807, 2.05) is 20.8 Å². The number of H-pyrrole nitrogens is 1. The number of nitrogens with one attached hydrogen (secondary N) is 1. The molecule has 11 heavy (non-hydrogen) atoms. The molecule has 1 aromatic rings. The van der Waals surface area contributed by atoms with E-state index in [1.165, 1.54) is 0 Å². The quantitative estimate of drug-likeness (QED) is 0.641. The third-order valence-electron chi connectivity index (χ3n) is 1.67. The highest BCUT2D eigenvalue weighted by Gasteiger charge is 1.97. The standard InChI is InChI=1S/C7H10N2O.ClH/c1-4-5(2)8-7(10)9-6(4)3;/h1-3H3,(H,8,9,10);1H.